The van der Waals surface area contributed by atoms with E-state index in [2.05, 4.69) is 0 Å². The average molecular weight is 266 g/mol. The Labute approximate surface area is 108 Å². The lowest BCUT2D eigenvalue weighted by molar-refractivity contribution is -0.385. The third kappa shape index (κ3) is 2.44. The zero-order valence-corrected chi connectivity index (χ0v) is 10.1. The maximum absolute atomic E-state index is 13.2. The molecule has 0 aliphatic carbocycles. The minimum absolute atomic E-state index is 0.00376. The lowest BCUT2D eigenvalue weighted by Gasteiger charge is -2.14. The van der Waals surface area contributed by atoms with Gasteiger partial charge in [-0.1, -0.05) is 6.92 Å². The lowest BCUT2D eigenvalue weighted by Crippen LogP contribution is -2.32. The molecule has 2 amide bonds. The Morgan fingerprint density at radius 3 is 2.74 bits per heavy atom. The van der Waals surface area contributed by atoms with Gasteiger partial charge in [-0.15, -0.1) is 0 Å². The van der Waals surface area contributed by atoms with Crippen LogP contribution < -0.4 is 0 Å². The first-order valence-corrected chi connectivity index (χ1v) is 5.68. The molecule has 0 radical (unpaired) electrons. The summed E-state index contributed by atoms with van der Waals surface area (Å²) in [5, 5.41) is 10.8. The van der Waals surface area contributed by atoms with Crippen LogP contribution in [0.25, 0.3) is 0 Å². The number of nitrogens with zero attached hydrogens (tertiary/aromatic N) is 2. The van der Waals surface area contributed by atoms with Crippen LogP contribution in [0, 0.1) is 21.8 Å². The number of nitro benzene ring substituents is 1. The Hall–Kier alpha value is -2.31. The Morgan fingerprint density at radius 2 is 2.21 bits per heavy atom. The second-order valence-electron chi connectivity index (χ2n) is 4.54. The van der Waals surface area contributed by atoms with Gasteiger partial charge in [-0.3, -0.25) is 24.6 Å². The molecule has 1 unspecified atom stereocenters. The lowest BCUT2D eigenvalue weighted by atomic mass is 10.1. The maximum atomic E-state index is 13.2. The maximum Gasteiger partial charge on any atom is 0.282 e. The van der Waals surface area contributed by atoms with Crippen molar-refractivity contribution >= 4 is 17.5 Å². The number of nitro groups is 1. The molecule has 1 atom stereocenters. The van der Waals surface area contributed by atoms with Crippen LogP contribution in [-0.2, 0) is 4.79 Å². The molecule has 0 saturated carbocycles. The van der Waals surface area contributed by atoms with Crippen molar-refractivity contribution in [2.75, 3.05) is 6.54 Å². The van der Waals surface area contributed by atoms with E-state index in [-0.39, 0.29) is 18.9 Å². The van der Waals surface area contributed by atoms with E-state index in [1.807, 2.05) is 0 Å². The van der Waals surface area contributed by atoms with Gasteiger partial charge in [-0.05, 0) is 18.1 Å². The van der Waals surface area contributed by atoms with Crippen LogP contribution in [0.2, 0.25) is 0 Å². The van der Waals surface area contributed by atoms with Crippen LogP contribution in [0.1, 0.15) is 23.7 Å². The number of carbonyl (C=O) groups excluding carboxylic acids is 2. The third-order valence-electron chi connectivity index (χ3n) is 2.95. The van der Waals surface area contributed by atoms with Gasteiger partial charge >= 0.3 is 0 Å². The van der Waals surface area contributed by atoms with E-state index in [4.69, 9.17) is 0 Å². The number of imide groups is 1. The molecule has 100 valence electrons. The number of amides is 2. The molecule has 1 aliphatic rings. The highest BCUT2D eigenvalue weighted by molar-refractivity contribution is 6.07. The van der Waals surface area contributed by atoms with E-state index in [1.165, 1.54) is 0 Å². The van der Waals surface area contributed by atoms with Crippen molar-refractivity contribution in [3.8, 4) is 0 Å². The van der Waals surface area contributed by atoms with Crippen LogP contribution in [0.4, 0.5) is 10.1 Å². The first kappa shape index (κ1) is 13.1. The summed E-state index contributed by atoms with van der Waals surface area (Å²) < 4.78 is 13.2. The number of likely N-dealkylation sites (tertiary alicyclic amines) is 1. The molecule has 1 heterocycles. The van der Waals surface area contributed by atoms with Crippen molar-refractivity contribution < 1.29 is 18.9 Å². The molecule has 1 saturated heterocycles. The van der Waals surface area contributed by atoms with Gasteiger partial charge in [0.05, 0.1) is 4.92 Å². The Bertz CT molecular complexity index is 573. The number of hydrogen-bond donors (Lipinski definition) is 0. The molecule has 1 aromatic rings. The predicted octanol–water partition coefficient (Wildman–Crippen LogP) is 1.74. The molecule has 2 rings (SSSR count). The Morgan fingerprint density at radius 1 is 1.53 bits per heavy atom. The van der Waals surface area contributed by atoms with Crippen LogP contribution in [0.3, 0.4) is 0 Å². The fraction of sp³-hybridized carbons (Fsp3) is 0.333. The largest absolute Gasteiger partial charge is 0.282 e. The molecule has 0 spiro atoms. The summed E-state index contributed by atoms with van der Waals surface area (Å²) in [5.41, 5.74) is -0.897. The standard InChI is InChI=1S/C12H11FN2O4/c1-7-4-11(16)14(6-7)12(17)9-5-8(13)2-3-10(9)15(18)19/h2-3,5,7H,4,6H2,1H3. The third-order valence-corrected chi connectivity index (χ3v) is 2.95. The normalized spacial score (nSPS) is 18.7. The highest BCUT2D eigenvalue weighted by atomic mass is 19.1. The quantitative estimate of drug-likeness (QED) is 0.464. The summed E-state index contributed by atoms with van der Waals surface area (Å²) in [6.07, 6.45) is 0.217. The van der Waals surface area contributed by atoms with E-state index < -0.39 is 33.8 Å². The monoisotopic (exact) mass is 266 g/mol. The van der Waals surface area contributed by atoms with Crippen molar-refractivity contribution in [3.05, 3.63) is 39.7 Å². The molecule has 1 aromatic carbocycles. The van der Waals surface area contributed by atoms with Gasteiger partial charge in [0.15, 0.2) is 0 Å². The van der Waals surface area contributed by atoms with Crippen LogP contribution >= 0.6 is 0 Å². The summed E-state index contributed by atoms with van der Waals surface area (Å²) >= 11 is 0. The van der Waals surface area contributed by atoms with Crippen molar-refractivity contribution in [3.63, 3.8) is 0 Å². The van der Waals surface area contributed by atoms with Crippen molar-refractivity contribution in [1.82, 2.24) is 4.90 Å². The highest BCUT2D eigenvalue weighted by Crippen LogP contribution is 2.25. The van der Waals surface area contributed by atoms with Crippen LogP contribution in [0.15, 0.2) is 18.2 Å². The summed E-state index contributed by atoms with van der Waals surface area (Å²) in [6.45, 7) is 2.00. The minimum atomic E-state index is -0.819. The minimum Gasteiger partial charge on any atom is -0.278 e. The summed E-state index contributed by atoms with van der Waals surface area (Å²) in [4.78, 5) is 34.7. The molecule has 0 aromatic heterocycles. The van der Waals surface area contributed by atoms with Gasteiger partial charge in [0, 0.05) is 19.0 Å². The number of halogens is 1. The second-order valence-corrected chi connectivity index (χ2v) is 4.54. The Balaban J connectivity index is 2.41. The molecule has 7 heteroatoms. The first-order chi connectivity index (χ1) is 8.90. The zero-order chi connectivity index (χ0) is 14.2. The van der Waals surface area contributed by atoms with Gasteiger partial charge in [0.1, 0.15) is 11.4 Å². The molecule has 1 aliphatic heterocycles. The number of hydrogen-bond acceptors (Lipinski definition) is 4. The van der Waals surface area contributed by atoms with E-state index in [9.17, 15) is 24.1 Å². The molecule has 6 nitrogen and oxygen atoms in total. The van der Waals surface area contributed by atoms with Gasteiger partial charge in [0.2, 0.25) is 5.91 Å². The van der Waals surface area contributed by atoms with Crippen molar-refractivity contribution in [2.45, 2.75) is 13.3 Å². The highest BCUT2D eigenvalue weighted by Gasteiger charge is 2.35. The number of benzene rings is 1. The predicted molar refractivity (Wildman–Crippen MR) is 62.9 cm³/mol. The molecule has 0 N–H and O–H groups in total. The second kappa shape index (κ2) is 4.75. The van der Waals surface area contributed by atoms with E-state index in [0.29, 0.717) is 0 Å². The van der Waals surface area contributed by atoms with E-state index in [1.54, 1.807) is 6.92 Å². The van der Waals surface area contributed by atoms with Gasteiger partial charge in [0.25, 0.3) is 11.6 Å². The van der Waals surface area contributed by atoms with Gasteiger partial charge < -0.3 is 0 Å². The van der Waals surface area contributed by atoms with E-state index in [0.717, 1.165) is 23.1 Å². The topological polar surface area (TPSA) is 80.5 Å². The smallest absolute Gasteiger partial charge is 0.278 e. The fourth-order valence-corrected chi connectivity index (χ4v) is 2.07. The van der Waals surface area contributed by atoms with Gasteiger partial charge in [-0.25, -0.2) is 4.39 Å². The average Bonchev–Trinajstić information content (AvgIpc) is 2.67. The number of rotatable bonds is 2. The molecule has 1 fully saturated rings. The molecular formula is C12H11FN2O4. The Kier molecular flexibility index (Phi) is 3.28. The van der Waals surface area contributed by atoms with Crippen molar-refractivity contribution in [2.24, 2.45) is 5.92 Å². The fourth-order valence-electron chi connectivity index (χ4n) is 2.07. The molecule has 0 bridgehead atoms. The van der Waals surface area contributed by atoms with Crippen LogP contribution in [0.5, 0.6) is 0 Å². The molecule has 19 heavy (non-hydrogen) atoms. The van der Waals surface area contributed by atoms with Crippen LogP contribution in [-0.4, -0.2) is 28.2 Å². The SMILES string of the molecule is CC1CC(=O)N(C(=O)c2cc(F)ccc2[N+](=O)[O-])C1. The summed E-state index contributed by atoms with van der Waals surface area (Å²) in [5.74, 6) is -1.96. The molecular weight excluding hydrogens is 255 g/mol. The van der Waals surface area contributed by atoms with Crippen molar-refractivity contribution in [1.29, 1.82) is 0 Å². The zero-order valence-electron chi connectivity index (χ0n) is 10.1. The summed E-state index contributed by atoms with van der Waals surface area (Å²) in [6, 6.07) is 2.62. The first-order valence-electron chi connectivity index (χ1n) is 5.68. The number of carbonyl (C=O) groups is 2. The van der Waals surface area contributed by atoms with Gasteiger partial charge in [-0.2, -0.15) is 0 Å². The van der Waals surface area contributed by atoms with E-state index >= 15 is 0 Å². The summed E-state index contributed by atoms with van der Waals surface area (Å²) in [7, 11) is 0.